The molecule has 8 heteroatoms. The van der Waals surface area contributed by atoms with E-state index >= 15 is 0 Å². The summed E-state index contributed by atoms with van der Waals surface area (Å²) in [7, 11) is 0. The van der Waals surface area contributed by atoms with Gasteiger partial charge in [-0.25, -0.2) is 4.79 Å². The molecule has 2 rings (SSSR count). The molecule has 3 atom stereocenters. The second kappa shape index (κ2) is 4.16. The molecule has 1 aromatic rings. The van der Waals surface area contributed by atoms with E-state index in [1.54, 1.807) is 0 Å². The molecule has 4 N–H and O–H groups in total. The maximum absolute atomic E-state index is 11.4. The first-order chi connectivity index (χ1) is 7.61. The van der Waals surface area contributed by atoms with Crippen molar-refractivity contribution in [1.82, 2.24) is 14.8 Å². The Morgan fingerprint density at radius 2 is 2.44 bits per heavy atom. The standard InChI is InChI=1S/C8H12N4O4/c9-6-2-10-12(8(15)11-6)7-1-4(14)5(3-13)16-7/h2,4-5,7,13-14H,1,3H2,(H2,9,11,15)/t4-,5+,7+/m0/s1. The number of hydrogen-bond acceptors (Lipinski definition) is 7. The molecule has 0 bridgehead atoms. The number of nitrogens with two attached hydrogens (primary N) is 1. The van der Waals surface area contributed by atoms with Gasteiger partial charge < -0.3 is 20.7 Å². The summed E-state index contributed by atoms with van der Waals surface area (Å²) < 4.78 is 6.24. The molecule has 1 aliphatic rings. The van der Waals surface area contributed by atoms with E-state index in [1.807, 2.05) is 0 Å². The van der Waals surface area contributed by atoms with Crippen LogP contribution < -0.4 is 11.4 Å². The van der Waals surface area contributed by atoms with Crippen LogP contribution in [-0.4, -0.2) is 43.8 Å². The minimum atomic E-state index is -0.818. The Balaban J connectivity index is 2.23. The zero-order valence-corrected chi connectivity index (χ0v) is 8.35. The minimum absolute atomic E-state index is 0.0264. The summed E-state index contributed by atoms with van der Waals surface area (Å²) in [5.41, 5.74) is 4.65. The van der Waals surface area contributed by atoms with Crippen molar-refractivity contribution in [3.05, 3.63) is 16.7 Å². The molecular weight excluding hydrogens is 216 g/mol. The van der Waals surface area contributed by atoms with Gasteiger partial charge in [0.15, 0.2) is 6.23 Å². The second-order valence-corrected chi connectivity index (χ2v) is 3.52. The number of aliphatic hydroxyl groups is 2. The molecule has 0 spiro atoms. The molecule has 0 aromatic carbocycles. The maximum atomic E-state index is 11.4. The summed E-state index contributed by atoms with van der Waals surface area (Å²) in [6, 6.07) is 0. The fourth-order valence-electron chi connectivity index (χ4n) is 1.59. The normalized spacial score (nSPS) is 29.5. The number of ether oxygens (including phenoxy) is 1. The fourth-order valence-corrected chi connectivity index (χ4v) is 1.59. The molecule has 1 aromatic heterocycles. The van der Waals surface area contributed by atoms with E-state index in [2.05, 4.69) is 10.1 Å². The van der Waals surface area contributed by atoms with Crippen molar-refractivity contribution in [3.63, 3.8) is 0 Å². The zero-order valence-electron chi connectivity index (χ0n) is 8.35. The first kappa shape index (κ1) is 11.0. The lowest BCUT2D eigenvalue weighted by atomic mass is 10.2. The van der Waals surface area contributed by atoms with Crippen LogP contribution in [0.3, 0.4) is 0 Å². The van der Waals surface area contributed by atoms with Gasteiger partial charge in [0.2, 0.25) is 0 Å². The van der Waals surface area contributed by atoms with Crippen molar-refractivity contribution in [3.8, 4) is 0 Å². The summed E-state index contributed by atoms with van der Waals surface area (Å²) in [6.07, 6.45) is -0.821. The lowest BCUT2D eigenvalue weighted by Crippen LogP contribution is -2.30. The van der Waals surface area contributed by atoms with Gasteiger partial charge in [-0.1, -0.05) is 0 Å². The third kappa shape index (κ3) is 1.90. The molecular formula is C8H12N4O4. The number of aliphatic hydroxyl groups excluding tert-OH is 2. The van der Waals surface area contributed by atoms with Crippen LogP contribution in [0, 0.1) is 0 Å². The Kier molecular flexibility index (Phi) is 2.86. The van der Waals surface area contributed by atoms with Gasteiger partial charge in [-0.15, -0.1) is 0 Å². The highest BCUT2D eigenvalue weighted by Gasteiger charge is 2.35. The Bertz CT molecular complexity index is 434. The summed E-state index contributed by atoms with van der Waals surface area (Å²) in [5.74, 6) is 0.0264. The topological polar surface area (TPSA) is 123 Å². The summed E-state index contributed by atoms with van der Waals surface area (Å²) in [5, 5.41) is 22.1. The highest BCUT2D eigenvalue weighted by molar-refractivity contribution is 5.19. The smallest absolute Gasteiger partial charge is 0.368 e. The third-order valence-corrected chi connectivity index (χ3v) is 2.39. The van der Waals surface area contributed by atoms with Crippen molar-refractivity contribution >= 4 is 5.82 Å². The molecule has 0 saturated carbocycles. The molecule has 88 valence electrons. The highest BCUT2D eigenvalue weighted by atomic mass is 16.5. The van der Waals surface area contributed by atoms with Crippen molar-refractivity contribution < 1.29 is 14.9 Å². The average Bonchev–Trinajstić information content (AvgIpc) is 2.59. The number of rotatable bonds is 2. The molecule has 2 heterocycles. The van der Waals surface area contributed by atoms with Crippen LogP contribution in [0.15, 0.2) is 11.0 Å². The Morgan fingerprint density at radius 3 is 3.00 bits per heavy atom. The van der Waals surface area contributed by atoms with Gasteiger partial charge in [-0.3, -0.25) is 0 Å². The third-order valence-electron chi connectivity index (χ3n) is 2.39. The monoisotopic (exact) mass is 228 g/mol. The van der Waals surface area contributed by atoms with Crippen LogP contribution in [0.5, 0.6) is 0 Å². The summed E-state index contributed by atoms with van der Waals surface area (Å²) in [6.45, 7) is -0.311. The van der Waals surface area contributed by atoms with Gasteiger partial charge in [-0.2, -0.15) is 14.8 Å². The van der Waals surface area contributed by atoms with Crippen molar-refractivity contribution in [2.75, 3.05) is 12.3 Å². The molecule has 8 nitrogen and oxygen atoms in total. The highest BCUT2D eigenvalue weighted by Crippen LogP contribution is 2.26. The molecule has 1 aliphatic heterocycles. The molecule has 0 unspecified atom stereocenters. The molecule has 0 aliphatic carbocycles. The predicted molar refractivity (Wildman–Crippen MR) is 52.3 cm³/mol. The number of nitrogen functional groups attached to an aromatic ring is 1. The lowest BCUT2D eigenvalue weighted by Gasteiger charge is -2.12. The number of hydrogen-bond donors (Lipinski definition) is 3. The van der Waals surface area contributed by atoms with E-state index in [9.17, 15) is 9.90 Å². The first-order valence-electron chi connectivity index (χ1n) is 4.77. The van der Waals surface area contributed by atoms with Crippen LogP contribution in [0.1, 0.15) is 12.6 Å². The first-order valence-corrected chi connectivity index (χ1v) is 4.77. The molecule has 0 radical (unpaired) electrons. The van der Waals surface area contributed by atoms with Gasteiger partial charge in [0.25, 0.3) is 0 Å². The fraction of sp³-hybridized carbons (Fsp3) is 0.625. The van der Waals surface area contributed by atoms with Crippen LogP contribution >= 0.6 is 0 Å². The van der Waals surface area contributed by atoms with Crippen LogP contribution in [0.2, 0.25) is 0 Å². The Labute approximate surface area is 90.3 Å². The van der Waals surface area contributed by atoms with E-state index in [4.69, 9.17) is 15.6 Å². The second-order valence-electron chi connectivity index (χ2n) is 3.52. The SMILES string of the molecule is Nc1cnn([C@H]2C[C@H](O)[C@@H](CO)O2)c(=O)n1. The van der Waals surface area contributed by atoms with E-state index in [1.165, 1.54) is 6.20 Å². The van der Waals surface area contributed by atoms with Crippen LogP contribution in [0.25, 0.3) is 0 Å². The average molecular weight is 228 g/mol. The van der Waals surface area contributed by atoms with E-state index < -0.39 is 24.1 Å². The molecule has 16 heavy (non-hydrogen) atoms. The number of anilines is 1. The van der Waals surface area contributed by atoms with Gasteiger partial charge in [0, 0.05) is 6.42 Å². The van der Waals surface area contributed by atoms with Gasteiger partial charge in [0.1, 0.15) is 11.9 Å². The van der Waals surface area contributed by atoms with Gasteiger partial charge in [0.05, 0.1) is 18.9 Å². The minimum Gasteiger partial charge on any atom is -0.394 e. The Hall–Kier alpha value is -1.51. The van der Waals surface area contributed by atoms with Crippen molar-refractivity contribution in [1.29, 1.82) is 0 Å². The molecule has 0 amide bonds. The van der Waals surface area contributed by atoms with E-state index in [0.717, 1.165) is 4.68 Å². The van der Waals surface area contributed by atoms with Crippen molar-refractivity contribution in [2.24, 2.45) is 0 Å². The number of aromatic nitrogens is 3. The van der Waals surface area contributed by atoms with Crippen LogP contribution in [0.4, 0.5) is 5.82 Å². The largest absolute Gasteiger partial charge is 0.394 e. The predicted octanol–water partition coefficient (Wildman–Crippen LogP) is -2.14. The van der Waals surface area contributed by atoms with Crippen LogP contribution in [-0.2, 0) is 4.74 Å². The maximum Gasteiger partial charge on any atom is 0.368 e. The molecule has 1 fully saturated rings. The van der Waals surface area contributed by atoms with Gasteiger partial charge >= 0.3 is 5.69 Å². The Morgan fingerprint density at radius 1 is 1.69 bits per heavy atom. The molecule has 1 saturated heterocycles. The van der Waals surface area contributed by atoms with Gasteiger partial charge in [-0.05, 0) is 0 Å². The zero-order chi connectivity index (χ0) is 11.7. The quantitative estimate of drug-likeness (QED) is 0.527. The summed E-state index contributed by atoms with van der Waals surface area (Å²) in [4.78, 5) is 14.9. The van der Waals surface area contributed by atoms with E-state index in [-0.39, 0.29) is 18.8 Å². The lowest BCUT2D eigenvalue weighted by molar-refractivity contribution is -0.0505. The number of nitrogens with zero attached hydrogens (tertiary/aromatic N) is 3. The van der Waals surface area contributed by atoms with E-state index in [0.29, 0.717) is 0 Å². The summed E-state index contributed by atoms with van der Waals surface area (Å²) >= 11 is 0. The van der Waals surface area contributed by atoms with Crippen molar-refractivity contribution in [2.45, 2.75) is 24.9 Å².